The van der Waals surface area contributed by atoms with Crippen LogP contribution in [0.4, 0.5) is 5.69 Å². The van der Waals surface area contributed by atoms with Crippen molar-refractivity contribution in [2.24, 2.45) is 5.41 Å². The van der Waals surface area contributed by atoms with Gasteiger partial charge in [0.05, 0.1) is 11.5 Å². The van der Waals surface area contributed by atoms with Crippen LogP contribution in [0, 0.1) is 17.8 Å². The van der Waals surface area contributed by atoms with Gasteiger partial charge in [0.1, 0.15) is 0 Å². The molecule has 0 bridgehead atoms. The van der Waals surface area contributed by atoms with Crippen LogP contribution in [0.25, 0.3) is 0 Å². The summed E-state index contributed by atoms with van der Waals surface area (Å²) in [5.41, 5.74) is 3.72. The lowest BCUT2D eigenvalue weighted by atomic mass is 9.82. The minimum absolute atomic E-state index is 0.0161. The molecule has 4 rings (SSSR count). The van der Waals surface area contributed by atoms with Crippen LogP contribution in [0.15, 0.2) is 18.2 Å². The predicted molar refractivity (Wildman–Crippen MR) is 91.0 cm³/mol. The van der Waals surface area contributed by atoms with E-state index < -0.39 is 0 Å². The maximum atomic E-state index is 12.1. The number of hydrogen-bond donors (Lipinski definition) is 1. The maximum Gasteiger partial charge on any atom is 0.243 e. The van der Waals surface area contributed by atoms with Gasteiger partial charge in [0.2, 0.25) is 11.8 Å². The van der Waals surface area contributed by atoms with Gasteiger partial charge in [0.25, 0.3) is 0 Å². The number of piperidine rings is 1. The van der Waals surface area contributed by atoms with Crippen LogP contribution in [0.2, 0.25) is 0 Å². The van der Waals surface area contributed by atoms with Gasteiger partial charge in [0.15, 0.2) is 0 Å². The number of hydrogen-bond acceptors (Lipinski definition) is 4. The van der Waals surface area contributed by atoms with Gasteiger partial charge in [-0.2, -0.15) is 0 Å². The minimum atomic E-state index is -0.202. The fourth-order valence-electron chi connectivity index (χ4n) is 3.92. The van der Waals surface area contributed by atoms with Gasteiger partial charge in [-0.1, -0.05) is 12.0 Å². The first-order valence-corrected chi connectivity index (χ1v) is 8.40. The molecule has 0 saturated carbocycles. The summed E-state index contributed by atoms with van der Waals surface area (Å²) in [5, 5.41) is 2.45. The number of benzene rings is 1. The molecule has 0 aliphatic carbocycles. The molecule has 24 heavy (non-hydrogen) atoms. The van der Waals surface area contributed by atoms with E-state index >= 15 is 0 Å². The highest BCUT2D eigenvalue weighted by Crippen LogP contribution is 2.36. The first-order chi connectivity index (χ1) is 11.5. The van der Waals surface area contributed by atoms with Crippen molar-refractivity contribution < 1.29 is 9.59 Å². The zero-order valence-electron chi connectivity index (χ0n) is 13.8. The van der Waals surface area contributed by atoms with E-state index in [1.54, 1.807) is 0 Å². The van der Waals surface area contributed by atoms with E-state index in [-0.39, 0.29) is 23.3 Å². The van der Waals surface area contributed by atoms with Gasteiger partial charge >= 0.3 is 0 Å². The highest BCUT2D eigenvalue weighted by Gasteiger charge is 2.38. The van der Waals surface area contributed by atoms with Gasteiger partial charge in [-0.25, -0.2) is 0 Å². The zero-order valence-corrected chi connectivity index (χ0v) is 13.8. The predicted octanol–water partition coefficient (Wildman–Crippen LogP) is 1.27. The van der Waals surface area contributed by atoms with E-state index in [1.807, 2.05) is 0 Å². The first kappa shape index (κ1) is 15.2. The van der Waals surface area contributed by atoms with Crippen LogP contribution in [0.3, 0.4) is 0 Å². The van der Waals surface area contributed by atoms with E-state index in [4.69, 9.17) is 6.42 Å². The summed E-state index contributed by atoms with van der Waals surface area (Å²) < 4.78 is 0. The smallest absolute Gasteiger partial charge is 0.243 e. The molecule has 124 valence electrons. The number of fused-ring (bicyclic) bond motifs is 1. The second-order valence-corrected chi connectivity index (χ2v) is 7.39. The Morgan fingerprint density at radius 2 is 2.00 bits per heavy atom. The Morgan fingerprint density at radius 1 is 1.25 bits per heavy atom. The maximum absolute atomic E-state index is 12.1. The number of carbonyl (C=O) groups excluding carboxylic acids is 2. The molecule has 3 heterocycles. The molecular formula is C19H21N3O2. The van der Waals surface area contributed by atoms with Crippen molar-refractivity contribution in [2.45, 2.75) is 38.9 Å². The van der Waals surface area contributed by atoms with Crippen molar-refractivity contribution in [1.82, 2.24) is 10.2 Å². The van der Waals surface area contributed by atoms with E-state index in [9.17, 15) is 9.59 Å². The lowest BCUT2D eigenvalue weighted by molar-refractivity contribution is -0.137. The quantitative estimate of drug-likeness (QED) is 0.658. The lowest BCUT2D eigenvalue weighted by Gasteiger charge is -2.46. The molecule has 2 amide bonds. The van der Waals surface area contributed by atoms with Crippen molar-refractivity contribution in [3.8, 4) is 12.3 Å². The van der Waals surface area contributed by atoms with Gasteiger partial charge in [-0.3, -0.25) is 19.8 Å². The number of nitrogens with one attached hydrogen (secondary N) is 1. The van der Waals surface area contributed by atoms with Gasteiger partial charge in [-0.15, -0.1) is 6.42 Å². The normalized spacial score (nSPS) is 25.7. The van der Waals surface area contributed by atoms with Gasteiger partial charge < -0.3 is 4.90 Å². The third kappa shape index (κ3) is 2.47. The van der Waals surface area contributed by atoms with Gasteiger partial charge in [0, 0.05) is 38.3 Å². The molecule has 1 aromatic rings. The summed E-state index contributed by atoms with van der Waals surface area (Å²) >= 11 is 0. The average Bonchev–Trinajstić information content (AvgIpc) is 2.94. The van der Waals surface area contributed by atoms with Crippen molar-refractivity contribution >= 4 is 17.5 Å². The lowest BCUT2D eigenvalue weighted by Crippen LogP contribution is -2.54. The monoisotopic (exact) mass is 323 g/mol. The molecule has 2 fully saturated rings. The first-order valence-electron chi connectivity index (χ1n) is 8.40. The molecule has 5 heteroatoms. The van der Waals surface area contributed by atoms with Crippen LogP contribution in [-0.4, -0.2) is 35.8 Å². The van der Waals surface area contributed by atoms with Crippen molar-refractivity contribution in [3.05, 3.63) is 29.3 Å². The molecule has 2 saturated heterocycles. The van der Waals surface area contributed by atoms with Crippen molar-refractivity contribution in [1.29, 1.82) is 0 Å². The third-order valence-electron chi connectivity index (χ3n) is 5.38. The fraction of sp³-hybridized carbons (Fsp3) is 0.474. The van der Waals surface area contributed by atoms with Gasteiger partial charge in [-0.05, 0) is 36.6 Å². The standard InChI is InChI=1S/C19H21N3O2/c1-3-19(2)11-22(12-19)15-5-4-13-9-21(10-14(13)8-15)16-6-7-17(23)20-18(16)24/h1,4-5,8,16H,6-7,9-12H2,2H3,(H,20,23,24). The summed E-state index contributed by atoms with van der Waals surface area (Å²) in [6.07, 6.45) is 6.61. The van der Waals surface area contributed by atoms with Crippen LogP contribution < -0.4 is 10.2 Å². The van der Waals surface area contributed by atoms with Crippen LogP contribution in [0.1, 0.15) is 30.9 Å². The molecule has 0 radical (unpaired) electrons. The van der Waals surface area contributed by atoms with E-state index in [2.05, 4.69) is 46.2 Å². The van der Waals surface area contributed by atoms with Crippen LogP contribution in [0.5, 0.6) is 0 Å². The number of rotatable bonds is 2. The molecule has 0 aromatic heterocycles. The summed E-state index contributed by atoms with van der Waals surface area (Å²) in [4.78, 5) is 27.9. The second-order valence-electron chi connectivity index (χ2n) is 7.39. The van der Waals surface area contributed by atoms with Crippen molar-refractivity contribution in [3.63, 3.8) is 0 Å². The highest BCUT2D eigenvalue weighted by molar-refractivity contribution is 6.00. The summed E-state index contributed by atoms with van der Waals surface area (Å²) in [7, 11) is 0. The fourth-order valence-corrected chi connectivity index (χ4v) is 3.92. The highest BCUT2D eigenvalue weighted by atomic mass is 16.2. The molecular weight excluding hydrogens is 302 g/mol. The third-order valence-corrected chi connectivity index (χ3v) is 5.38. The zero-order chi connectivity index (χ0) is 16.9. The minimum Gasteiger partial charge on any atom is -0.368 e. The number of carbonyl (C=O) groups is 2. The number of anilines is 1. The SMILES string of the molecule is C#CC1(C)CN(c2ccc3c(c2)CN(C2CCC(=O)NC2=O)C3)C1. The average molecular weight is 323 g/mol. The van der Waals surface area contributed by atoms with E-state index in [0.717, 1.165) is 26.2 Å². The number of nitrogens with zero attached hydrogens (tertiary/aromatic N) is 2. The van der Waals surface area contributed by atoms with Crippen LogP contribution >= 0.6 is 0 Å². The Morgan fingerprint density at radius 3 is 2.71 bits per heavy atom. The van der Waals surface area contributed by atoms with Crippen LogP contribution in [-0.2, 0) is 22.7 Å². The Hall–Kier alpha value is -2.32. The molecule has 1 atom stereocenters. The largest absolute Gasteiger partial charge is 0.368 e. The number of terminal acetylenes is 1. The van der Waals surface area contributed by atoms with E-state index in [1.165, 1.54) is 16.8 Å². The molecule has 3 aliphatic heterocycles. The molecule has 1 N–H and O–H groups in total. The molecule has 3 aliphatic rings. The Kier molecular flexibility index (Phi) is 3.40. The Balaban J connectivity index is 1.47. The second kappa shape index (κ2) is 5.35. The Bertz CT molecular complexity index is 758. The number of amides is 2. The molecule has 1 aromatic carbocycles. The summed E-state index contributed by atoms with van der Waals surface area (Å²) in [6.45, 7) is 5.42. The van der Waals surface area contributed by atoms with Crippen molar-refractivity contribution in [2.75, 3.05) is 18.0 Å². The summed E-state index contributed by atoms with van der Waals surface area (Å²) in [5.74, 6) is 2.54. The molecule has 0 spiro atoms. The molecule has 1 unspecified atom stereocenters. The number of imide groups is 1. The topological polar surface area (TPSA) is 52.6 Å². The summed E-state index contributed by atoms with van der Waals surface area (Å²) in [6, 6.07) is 6.31. The van der Waals surface area contributed by atoms with E-state index in [0.29, 0.717) is 12.8 Å². The Labute approximate surface area is 142 Å². The molecule has 5 nitrogen and oxygen atoms in total.